The minimum Gasteiger partial charge on any atom is -0.364 e. The van der Waals surface area contributed by atoms with Gasteiger partial charge >= 0.3 is 0 Å². The lowest BCUT2D eigenvalue weighted by Gasteiger charge is -2.27. The second kappa shape index (κ2) is 5.81. The van der Waals surface area contributed by atoms with Gasteiger partial charge in [-0.2, -0.15) is 0 Å². The van der Waals surface area contributed by atoms with E-state index >= 15 is 4.39 Å². The molecule has 0 bridgehead atoms. The van der Waals surface area contributed by atoms with Crippen LogP contribution >= 0.6 is 0 Å². The van der Waals surface area contributed by atoms with Gasteiger partial charge in [0.2, 0.25) is 5.91 Å². The van der Waals surface area contributed by atoms with Crippen molar-refractivity contribution in [3.63, 3.8) is 0 Å². The molecule has 2 aliphatic heterocycles. The smallest absolute Gasteiger partial charge is 0.219 e. The molecule has 1 aromatic heterocycles. The van der Waals surface area contributed by atoms with Crippen molar-refractivity contribution in [2.45, 2.75) is 58.2 Å². The van der Waals surface area contributed by atoms with Gasteiger partial charge in [-0.15, -0.1) is 0 Å². The molecule has 6 heteroatoms. The van der Waals surface area contributed by atoms with Crippen molar-refractivity contribution in [2.75, 3.05) is 18.0 Å². The second-order valence-electron chi connectivity index (χ2n) is 8.25. The third-order valence-corrected chi connectivity index (χ3v) is 6.35. The molecule has 1 saturated heterocycles. The topological polar surface area (TPSA) is 45.6 Å². The van der Waals surface area contributed by atoms with Gasteiger partial charge < -0.3 is 14.4 Å². The van der Waals surface area contributed by atoms with Gasteiger partial charge in [0.05, 0.1) is 11.2 Å². The summed E-state index contributed by atoms with van der Waals surface area (Å²) in [5.74, 6) is -0.334. The molecule has 2 fully saturated rings. The maximum atomic E-state index is 15.3. The maximum Gasteiger partial charge on any atom is 0.219 e. The minimum atomic E-state index is -0.333. The molecule has 1 atom stereocenters. The molecule has 3 heterocycles. The van der Waals surface area contributed by atoms with E-state index in [0.29, 0.717) is 35.8 Å². The number of rotatable bonds is 1. The number of carbonyl (C=O) groups excluding carboxylic acids is 1. The predicted octanol–water partition coefficient (Wildman–Crippen LogP) is 3.11. The number of nitrogens with zero attached hydrogens (tertiary/aromatic N) is 3. The van der Waals surface area contributed by atoms with Crippen LogP contribution in [0.4, 0.5) is 10.1 Å². The van der Waals surface area contributed by atoms with Crippen molar-refractivity contribution < 1.29 is 9.18 Å². The van der Waals surface area contributed by atoms with Crippen LogP contribution in [0.1, 0.15) is 49.8 Å². The monoisotopic (exact) mass is 369 g/mol. The Hall–Kier alpha value is -2.37. The van der Waals surface area contributed by atoms with Gasteiger partial charge in [-0.25, -0.2) is 4.39 Å². The molecule has 27 heavy (non-hydrogen) atoms. The third-order valence-electron chi connectivity index (χ3n) is 6.35. The molecule has 0 spiro atoms. The van der Waals surface area contributed by atoms with Crippen molar-refractivity contribution in [1.82, 2.24) is 9.47 Å². The fourth-order valence-electron chi connectivity index (χ4n) is 4.87. The molecule has 0 radical (unpaired) electrons. The number of hydrogen-bond donors (Lipinski definition) is 0. The van der Waals surface area contributed by atoms with Gasteiger partial charge in [-0.3, -0.25) is 9.59 Å². The number of aromatic nitrogens is 1. The number of pyridine rings is 1. The first kappa shape index (κ1) is 16.8. The SMILES string of the molecule is CC(=O)N1Cc2c(c(F)cc3c(=O)c(C)cn(C4CC4)c23)N2CCCC2C1. The van der Waals surface area contributed by atoms with Crippen molar-refractivity contribution in [3.05, 3.63) is 39.4 Å². The van der Waals surface area contributed by atoms with Crippen LogP contribution in [0.5, 0.6) is 0 Å². The third kappa shape index (κ3) is 2.49. The molecule has 5 rings (SSSR count). The van der Waals surface area contributed by atoms with Crippen LogP contribution in [0.3, 0.4) is 0 Å². The van der Waals surface area contributed by atoms with Crippen molar-refractivity contribution in [2.24, 2.45) is 0 Å². The summed E-state index contributed by atoms with van der Waals surface area (Å²) in [6.07, 6.45) is 6.03. The fraction of sp³-hybridized carbons (Fsp3) is 0.524. The first-order chi connectivity index (χ1) is 13.0. The molecule has 0 N–H and O–H groups in total. The maximum absolute atomic E-state index is 15.3. The van der Waals surface area contributed by atoms with E-state index in [2.05, 4.69) is 9.47 Å². The van der Waals surface area contributed by atoms with E-state index in [1.54, 1.807) is 13.8 Å². The largest absolute Gasteiger partial charge is 0.364 e. The quantitative estimate of drug-likeness (QED) is 0.776. The Labute approximate surface area is 157 Å². The summed E-state index contributed by atoms with van der Waals surface area (Å²) in [7, 11) is 0. The molecule has 5 nitrogen and oxygen atoms in total. The number of anilines is 1. The molecule has 1 amide bonds. The standard InChI is InChI=1S/C21H24FN3O2/c1-12-9-25(14-5-6-14)19-16(21(12)27)8-18(22)20-17(19)11-23(13(2)26)10-15-4-3-7-24(15)20/h8-9,14-15H,3-7,10-11H2,1-2H3. The number of aryl methyl sites for hydroxylation is 1. The van der Waals surface area contributed by atoms with E-state index in [1.165, 1.54) is 6.07 Å². The summed E-state index contributed by atoms with van der Waals surface area (Å²) in [6.45, 7) is 5.14. The molecule has 1 aromatic carbocycles. The van der Waals surface area contributed by atoms with E-state index in [-0.39, 0.29) is 23.2 Å². The van der Waals surface area contributed by atoms with Crippen LogP contribution < -0.4 is 10.3 Å². The van der Waals surface area contributed by atoms with Crippen LogP contribution in [-0.4, -0.2) is 34.5 Å². The van der Waals surface area contributed by atoms with Gasteiger partial charge in [0.25, 0.3) is 0 Å². The zero-order valence-electron chi connectivity index (χ0n) is 15.8. The minimum absolute atomic E-state index is 0.000424. The summed E-state index contributed by atoms with van der Waals surface area (Å²) < 4.78 is 17.5. The van der Waals surface area contributed by atoms with E-state index in [9.17, 15) is 9.59 Å². The zero-order valence-corrected chi connectivity index (χ0v) is 15.8. The number of benzene rings is 1. The molecule has 2 aromatic rings. The van der Waals surface area contributed by atoms with Gasteiger partial charge in [0, 0.05) is 61.4 Å². The lowest BCUT2D eigenvalue weighted by Crippen LogP contribution is -2.39. The van der Waals surface area contributed by atoms with Gasteiger partial charge in [0.1, 0.15) is 5.82 Å². The fourth-order valence-corrected chi connectivity index (χ4v) is 4.87. The Morgan fingerprint density at radius 3 is 2.70 bits per heavy atom. The number of fused-ring (bicyclic) bond motifs is 5. The first-order valence-electron chi connectivity index (χ1n) is 9.84. The highest BCUT2D eigenvalue weighted by Crippen LogP contribution is 2.43. The van der Waals surface area contributed by atoms with Crippen LogP contribution in [0.25, 0.3) is 10.9 Å². The van der Waals surface area contributed by atoms with Gasteiger partial charge in [-0.1, -0.05) is 0 Å². The van der Waals surface area contributed by atoms with Gasteiger partial charge in [-0.05, 0) is 38.7 Å². The first-order valence-corrected chi connectivity index (χ1v) is 9.84. The van der Waals surface area contributed by atoms with Crippen LogP contribution in [0.15, 0.2) is 17.1 Å². The average molecular weight is 369 g/mol. The Bertz CT molecular complexity index is 1020. The summed E-state index contributed by atoms with van der Waals surface area (Å²) in [5, 5.41) is 0.444. The Kier molecular flexibility index (Phi) is 3.61. The molecular weight excluding hydrogens is 345 g/mol. The average Bonchev–Trinajstić information content (AvgIpc) is 3.40. The number of halogens is 1. The highest BCUT2D eigenvalue weighted by molar-refractivity contribution is 5.89. The molecular formula is C21H24FN3O2. The van der Waals surface area contributed by atoms with E-state index in [0.717, 1.165) is 43.3 Å². The second-order valence-corrected chi connectivity index (χ2v) is 8.25. The molecule has 142 valence electrons. The van der Waals surface area contributed by atoms with E-state index in [4.69, 9.17) is 0 Å². The normalized spacial score (nSPS) is 22.0. The highest BCUT2D eigenvalue weighted by Gasteiger charge is 2.37. The number of amides is 1. The van der Waals surface area contributed by atoms with Crippen molar-refractivity contribution in [1.29, 1.82) is 0 Å². The lowest BCUT2D eigenvalue weighted by molar-refractivity contribution is -0.129. The summed E-state index contributed by atoms with van der Waals surface area (Å²) in [5.41, 5.74) is 2.76. The summed E-state index contributed by atoms with van der Waals surface area (Å²) in [4.78, 5) is 29.0. The lowest BCUT2D eigenvalue weighted by atomic mass is 10.0. The van der Waals surface area contributed by atoms with Crippen LogP contribution in [0, 0.1) is 12.7 Å². The Balaban J connectivity index is 1.87. The number of carbonyl (C=O) groups is 1. The molecule has 1 unspecified atom stereocenters. The Morgan fingerprint density at radius 2 is 2.00 bits per heavy atom. The summed E-state index contributed by atoms with van der Waals surface area (Å²) >= 11 is 0. The zero-order chi connectivity index (χ0) is 18.9. The number of hydrogen-bond acceptors (Lipinski definition) is 3. The van der Waals surface area contributed by atoms with Crippen LogP contribution in [-0.2, 0) is 11.3 Å². The summed E-state index contributed by atoms with van der Waals surface area (Å²) in [6, 6.07) is 1.94. The predicted molar refractivity (Wildman–Crippen MR) is 103 cm³/mol. The van der Waals surface area contributed by atoms with Crippen molar-refractivity contribution in [3.8, 4) is 0 Å². The molecule has 1 saturated carbocycles. The molecule has 1 aliphatic carbocycles. The highest BCUT2D eigenvalue weighted by atomic mass is 19.1. The van der Waals surface area contributed by atoms with E-state index < -0.39 is 0 Å². The van der Waals surface area contributed by atoms with E-state index in [1.807, 2.05) is 11.1 Å². The molecule has 3 aliphatic rings. The Morgan fingerprint density at radius 1 is 1.22 bits per heavy atom. The van der Waals surface area contributed by atoms with Crippen molar-refractivity contribution >= 4 is 22.5 Å². The van der Waals surface area contributed by atoms with Crippen LogP contribution in [0.2, 0.25) is 0 Å². The van der Waals surface area contributed by atoms with Gasteiger partial charge in [0.15, 0.2) is 5.43 Å².